The molecule has 3 aromatic rings. The third-order valence-corrected chi connectivity index (χ3v) is 5.98. The second kappa shape index (κ2) is 9.16. The van der Waals surface area contributed by atoms with E-state index in [2.05, 4.69) is 5.32 Å². The zero-order chi connectivity index (χ0) is 22.8. The van der Waals surface area contributed by atoms with Crippen LogP contribution in [0.25, 0.3) is 17.4 Å². The fourth-order valence-electron chi connectivity index (χ4n) is 3.37. The van der Waals surface area contributed by atoms with E-state index in [9.17, 15) is 9.59 Å². The quantitative estimate of drug-likeness (QED) is 0.398. The summed E-state index contributed by atoms with van der Waals surface area (Å²) in [6.07, 6.45) is 1.77. The van der Waals surface area contributed by atoms with Gasteiger partial charge < -0.3 is 15.5 Å². The van der Waals surface area contributed by atoms with E-state index in [-0.39, 0.29) is 17.2 Å². The van der Waals surface area contributed by atoms with Crippen molar-refractivity contribution in [3.05, 3.63) is 87.7 Å². The van der Waals surface area contributed by atoms with Gasteiger partial charge in [-0.15, -0.1) is 0 Å². The van der Waals surface area contributed by atoms with Gasteiger partial charge in [0.2, 0.25) is 5.91 Å². The first-order valence-electron chi connectivity index (χ1n) is 9.58. The van der Waals surface area contributed by atoms with Gasteiger partial charge in [-0.05, 0) is 48.1 Å². The summed E-state index contributed by atoms with van der Waals surface area (Å²) in [6.45, 7) is 0. The van der Waals surface area contributed by atoms with Crippen molar-refractivity contribution in [1.29, 1.82) is 0 Å². The van der Waals surface area contributed by atoms with E-state index in [0.29, 0.717) is 21.6 Å². The van der Waals surface area contributed by atoms with Crippen LogP contribution in [0.3, 0.4) is 0 Å². The summed E-state index contributed by atoms with van der Waals surface area (Å²) in [5.74, 6) is -0.126. The number of benzene rings is 2. The summed E-state index contributed by atoms with van der Waals surface area (Å²) in [4.78, 5) is 26.4. The highest BCUT2D eigenvalue weighted by atomic mass is 35.5. The molecule has 4 rings (SSSR count). The van der Waals surface area contributed by atoms with E-state index in [1.165, 1.54) is 11.0 Å². The number of nitrogens with zero attached hydrogens (tertiary/aromatic N) is 1. The van der Waals surface area contributed by atoms with E-state index >= 15 is 0 Å². The van der Waals surface area contributed by atoms with Crippen LogP contribution in [-0.2, 0) is 16.0 Å². The number of hydrogen-bond donors (Lipinski definition) is 2. The molecule has 0 radical (unpaired) electrons. The van der Waals surface area contributed by atoms with E-state index in [1.54, 1.807) is 30.3 Å². The Hall–Kier alpha value is -3.13. The highest BCUT2D eigenvalue weighted by Crippen LogP contribution is 2.30. The number of halogens is 2. The number of primary amides is 1. The summed E-state index contributed by atoms with van der Waals surface area (Å²) in [7, 11) is 0. The number of nitrogens with one attached hydrogen (secondary N) is 1. The van der Waals surface area contributed by atoms with Gasteiger partial charge in [-0.1, -0.05) is 53.5 Å². The van der Waals surface area contributed by atoms with Gasteiger partial charge in [0, 0.05) is 18.1 Å². The Kier molecular flexibility index (Phi) is 6.32. The van der Waals surface area contributed by atoms with Gasteiger partial charge in [0.25, 0.3) is 5.91 Å². The van der Waals surface area contributed by atoms with Gasteiger partial charge in [0.1, 0.15) is 23.3 Å². The molecule has 162 valence electrons. The van der Waals surface area contributed by atoms with E-state index in [0.717, 1.165) is 11.1 Å². The van der Waals surface area contributed by atoms with Crippen LogP contribution in [0.5, 0.6) is 0 Å². The molecule has 32 heavy (non-hydrogen) atoms. The van der Waals surface area contributed by atoms with E-state index in [4.69, 9.17) is 45.6 Å². The third kappa shape index (κ3) is 4.55. The zero-order valence-electron chi connectivity index (χ0n) is 16.5. The van der Waals surface area contributed by atoms with E-state index < -0.39 is 17.9 Å². The summed E-state index contributed by atoms with van der Waals surface area (Å²) in [5.41, 5.74) is 7.39. The topological polar surface area (TPSA) is 88.6 Å². The predicted molar refractivity (Wildman–Crippen MR) is 128 cm³/mol. The molecule has 0 saturated carbocycles. The molecule has 0 bridgehead atoms. The Morgan fingerprint density at radius 3 is 2.56 bits per heavy atom. The lowest BCUT2D eigenvalue weighted by Crippen LogP contribution is -2.49. The van der Waals surface area contributed by atoms with E-state index in [1.807, 2.05) is 30.3 Å². The minimum atomic E-state index is -0.917. The molecule has 1 fully saturated rings. The summed E-state index contributed by atoms with van der Waals surface area (Å²) >= 11 is 17.4. The largest absolute Gasteiger partial charge is 0.457 e. The molecule has 2 heterocycles. The van der Waals surface area contributed by atoms with Crippen molar-refractivity contribution >= 4 is 58.4 Å². The van der Waals surface area contributed by atoms with Crippen LogP contribution < -0.4 is 11.1 Å². The average molecular weight is 486 g/mol. The Balaban J connectivity index is 1.57. The van der Waals surface area contributed by atoms with Crippen molar-refractivity contribution in [3.8, 4) is 11.3 Å². The Bertz CT molecular complexity index is 1240. The third-order valence-electron chi connectivity index (χ3n) is 4.94. The SMILES string of the molecule is NC(=O)C(Cc1ccccc1)N1C(=O)/C(=C\c2ccc(-c3ccc(Cl)c(Cl)c3)o2)NC1=S. The number of carbonyl (C=O) groups excluding carboxylic acids is 2. The first-order chi connectivity index (χ1) is 15.3. The molecule has 1 aliphatic rings. The zero-order valence-corrected chi connectivity index (χ0v) is 18.9. The maximum absolute atomic E-state index is 13.0. The standard InChI is InChI=1S/C23H17Cl2N3O3S/c24-16-8-6-14(11-17(16)25)20-9-7-15(31-20)12-18-22(30)28(23(32)27-18)19(21(26)29)10-13-4-2-1-3-5-13/h1-9,11-12,19H,10H2,(H2,26,29)(H,27,32)/b18-12+. The molecule has 2 aromatic carbocycles. The van der Waals surface area contributed by atoms with Crippen LogP contribution >= 0.6 is 35.4 Å². The molecule has 3 N–H and O–H groups in total. The number of nitrogens with two attached hydrogens (primary N) is 1. The van der Waals surface area contributed by atoms with Crippen LogP contribution in [0.4, 0.5) is 0 Å². The van der Waals surface area contributed by atoms with Crippen molar-refractivity contribution < 1.29 is 14.0 Å². The number of hydrogen-bond acceptors (Lipinski definition) is 4. The van der Waals surface area contributed by atoms with Crippen LogP contribution in [0.15, 0.2) is 70.8 Å². The van der Waals surface area contributed by atoms with Crippen molar-refractivity contribution in [3.63, 3.8) is 0 Å². The molecule has 0 aliphatic carbocycles. The maximum atomic E-state index is 13.0. The van der Waals surface area contributed by atoms with Gasteiger partial charge in [-0.2, -0.15) is 0 Å². The first-order valence-corrected chi connectivity index (χ1v) is 10.7. The van der Waals surface area contributed by atoms with Crippen LogP contribution in [0.2, 0.25) is 10.0 Å². The van der Waals surface area contributed by atoms with Crippen molar-refractivity contribution in [2.24, 2.45) is 5.73 Å². The molecule has 9 heteroatoms. The second-order valence-electron chi connectivity index (χ2n) is 7.10. The van der Waals surface area contributed by atoms with Crippen LogP contribution in [0, 0.1) is 0 Å². The van der Waals surface area contributed by atoms with Gasteiger partial charge in [0.15, 0.2) is 5.11 Å². The number of amides is 2. The minimum Gasteiger partial charge on any atom is -0.457 e. The minimum absolute atomic E-state index is 0.109. The number of carbonyl (C=O) groups is 2. The van der Waals surface area contributed by atoms with Gasteiger partial charge >= 0.3 is 0 Å². The number of rotatable bonds is 6. The van der Waals surface area contributed by atoms with Crippen molar-refractivity contribution in [2.75, 3.05) is 0 Å². The molecule has 2 amide bonds. The van der Waals surface area contributed by atoms with Crippen LogP contribution in [0.1, 0.15) is 11.3 Å². The molecule has 1 aliphatic heterocycles. The lowest BCUT2D eigenvalue weighted by molar-refractivity contribution is -0.131. The lowest BCUT2D eigenvalue weighted by atomic mass is 10.0. The first kappa shape index (κ1) is 22.1. The fraction of sp³-hybridized carbons (Fsp3) is 0.0870. The summed E-state index contributed by atoms with van der Waals surface area (Å²) in [5, 5.41) is 3.81. The number of thiocarbonyl (C=S) groups is 1. The lowest BCUT2D eigenvalue weighted by Gasteiger charge is -2.23. The Morgan fingerprint density at radius 2 is 1.88 bits per heavy atom. The predicted octanol–water partition coefficient (Wildman–Crippen LogP) is 4.41. The normalized spacial score (nSPS) is 15.8. The molecule has 0 spiro atoms. The maximum Gasteiger partial charge on any atom is 0.277 e. The number of furan rings is 1. The highest BCUT2D eigenvalue weighted by Gasteiger charge is 2.39. The van der Waals surface area contributed by atoms with Crippen LogP contribution in [-0.4, -0.2) is 27.9 Å². The smallest absolute Gasteiger partial charge is 0.277 e. The van der Waals surface area contributed by atoms with Gasteiger partial charge in [-0.25, -0.2) is 0 Å². The Labute approximate surface area is 199 Å². The summed E-state index contributed by atoms with van der Waals surface area (Å²) in [6, 6.07) is 17.0. The Morgan fingerprint density at radius 1 is 1.12 bits per heavy atom. The molecular weight excluding hydrogens is 469 g/mol. The molecular formula is C23H17Cl2N3O3S. The molecule has 1 atom stereocenters. The molecule has 1 aromatic heterocycles. The van der Waals surface area contributed by atoms with Gasteiger partial charge in [0.05, 0.1) is 10.0 Å². The van der Waals surface area contributed by atoms with Gasteiger partial charge in [-0.3, -0.25) is 14.5 Å². The highest BCUT2D eigenvalue weighted by molar-refractivity contribution is 7.80. The van der Waals surface area contributed by atoms with Crippen molar-refractivity contribution in [2.45, 2.75) is 12.5 Å². The fourth-order valence-corrected chi connectivity index (χ4v) is 3.98. The molecule has 1 saturated heterocycles. The molecule has 6 nitrogen and oxygen atoms in total. The molecule has 1 unspecified atom stereocenters. The van der Waals surface area contributed by atoms with Crippen molar-refractivity contribution in [1.82, 2.24) is 10.2 Å². The monoisotopic (exact) mass is 485 g/mol. The summed E-state index contributed by atoms with van der Waals surface area (Å²) < 4.78 is 5.83. The average Bonchev–Trinajstić information content (AvgIpc) is 3.34. The second-order valence-corrected chi connectivity index (χ2v) is 8.30.